The third kappa shape index (κ3) is 3.95. The summed E-state index contributed by atoms with van der Waals surface area (Å²) < 4.78 is 13.4. The molecule has 29 heavy (non-hydrogen) atoms. The fraction of sp³-hybridized carbons (Fsp3) is 0.269. The molecule has 0 atom stereocenters. The Bertz CT molecular complexity index is 1010. The van der Waals surface area contributed by atoms with Gasteiger partial charge in [-0.2, -0.15) is 0 Å². The third-order valence-electron chi connectivity index (χ3n) is 5.97. The Kier molecular flexibility index (Phi) is 5.23. The highest BCUT2D eigenvalue weighted by molar-refractivity contribution is 5.77. The molecule has 2 nitrogen and oxygen atoms in total. The normalized spacial score (nSPS) is 15.1. The molecule has 0 aromatic heterocycles. The van der Waals surface area contributed by atoms with E-state index in [1.54, 1.807) is 12.1 Å². The maximum absolute atomic E-state index is 13.4. The molecule has 0 bridgehead atoms. The molecule has 0 aliphatic carbocycles. The van der Waals surface area contributed by atoms with Gasteiger partial charge in [0.25, 0.3) is 0 Å². The van der Waals surface area contributed by atoms with Crippen LogP contribution in [0.5, 0.6) is 0 Å². The van der Waals surface area contributed by atoms with Crippen molar-refractivity contribution in [3.63, 3.8) is 0 Å². The highest BCUT2D eigenvalue weighted by Gasteiger charge is 2.32. The van der Waals surface area contributed by atoms with E-state index in [2.05, 4.69) is 55.1 Å². The van der Waals surface area contributed by atoms with Crippen LogP contribution in [-0.4, -0.2) is 12.8 Å². The van der Waals surface area contributed by atoms with E-state index < -0.39 is 0 Å². The number of halogens is 1. The maximum Gasteiger partial charge on any atom is 0.124 e. The number of aldehydes is 1. The van der Waals surface area contributed by atoms with Gasteiger partial charge in [-0.25, -0.2) is 4.39 Å². The number of hydrogen-bond acceptors (Lipinski definition) is 2. The fourth-order valence-electron chi connectivity index (χ4n) is 4.23. The van der Waals surface area contributed by atoms with Crippen LogP contribution in [0.25, 0.3) is 11.1 Å². The molecule has 148 valence electrons. The lowest BCUT2D eigenvalue weighted by molar-refractivity contribution is -0.107. The molecular formula is C26H26FNO. The predicted molar refractivity (Wildman–Crippen MR) is 117 cm³/mol. The standard InChI is InChI=1S/C26H26FNO/c1-26(2)13-14-28(18-19-6-4-3-5-7-19)25-16-21(12-15-29)23(17-24(25)26)20-8-10-22(27)11-9-20/h3-11,15-17H,12-14,18H2,1-2H3. The van der Waals surface area contributed by atoms with Gasteiger partial charge in [0.15, 0.2) is 0 Å². The van der Waals surface area contributed by atoms with Gasteiger partial charge in [0, 0.05) is 25.2 Å². The minimum atomic E-state index is -0.252. The smallest absolute Gasteiger partial charge is 0.124 e. The van der Waals surface area contributed by atoms with E-state index in [0.29, 0.717) is 6.42 Å². The van der Waals surface area contributed by atoms with Crippen molar-refractivity contribution in [1.29, 1.82) is 0 Å². The second kappa shape index (κ2) is 7.82. The molecular weight excluding hydrogens is 361 g/mol. The first kappa shape index (κ1) is 19.4. The van der Waals surface area contributed by atoms with Crippen LogP contribution in [0.4, 0.5) is 10.1 Å². The minimum absolute atomic E-state index is 0.0387. The lowest BCUT2D eigenvalue weighted by Crippen LogP contribution is -2.37. The van der Waals surface area contributed by atoms with E-state index in [-0.39, 0.29) is 11.2 Å². The maximum atomic E-state index is 13.4. The average molecular weight is 387 g/mol. The van der Waals surface area contributed by atoms with Crippen molar-refractivity contribution in [1.82, 2.24) is 0 Å². The van der Waals surface area contributed by atoms with Crippen molar-refractivity contribution in [2.24, 2.45) is 0 Å². The summed E-state index contributed by atoms with van der Waals surface area (Å²) in [6.07, 6.45) is 2.35. The topological polar surface area (TPSA) is 20.3 Å². The first-order chi connectivity index (χ1) is 14.0. The zero-order valence-corrected chi connectivity index (χ0v) is 17.0. The minimum Gasteiger partial charge on any atom is -0.367 e. The second-order valence-electron chi connectivity index (χ2n) is 8.45. The molecule has 0 radical (unpaired) electrons. The Balaban J connectivity index is 1.83. The molecule has 4 rings (SSSR count). The van der Waals surface area contributed by atoms with Gasteiger partial charge in [0.05, 0.1) is 0 Å². The molecule has 3 aromatic rings. The monoisotopic (exact) mass is 387 g/mol. The lowest BCUT2D eigenvalue weighted by atomic mass is 9.75. The molecule has 0 unspecified atom stereocenters. The Labute approximate surface area is 172 Å². The first-order valence-corrected chi connectivity index (χ1v) is 10.1. The van der Waals surface area contributed by atoms with Crippen molar-refractivity contribution in [2.45, 2.75) is 38.6 Å². The van der Waals surface area contributed by atoms with E-state index in [9.17, 15) is 9.18 Å². The van der Waals surface area contributed by atoms with Crippen LogP contribution in [0, 0.1) is 5.82 Å². The zero-order valence-electron chi connectivity index (χ0n) is 17.0. The van der Waals surface area contributed by atoms with Crippen LogP contribution in [0.3, 0.4) is 0 Å². The average Bonchev–Trinajstić information content (AvgIpc) is 2.72. The van der Waals surface area contributed by atoms with Gasteiger partial charge < -0.3 is 9.69 Å². The summed E-state index contributed by atoms with van der Waals surface area (Å²) in [6.45, 7) is 6.38. The molecule has 0 saturated carbocycles. The fourth-order valence-corrected chi connectivity index (χ4v) is 4.23. The summed E-state index contributed by atoms with van der Waals surface area (Å²) >= 11 is 0. The molecule has 1 aliphatic rings. The highest BCUT2D eigenvalue weighted by atomic mass is 19.1. The third-order valence-corrected chi connectivity index (χ3v) is 5.97. The summed E-state index contributed by atoms with van der Waals surface area (Å²) in [5.74, 6) is -0.252. The van der Waals surface area contributed by atoms with Gasteiger partial charge in [0.1, 0.15) is 12.1 Å². The molecule has 0 spiro atoms. The number of anilines is 1. The van der Waals surface area contributed by atoms with E-state index >= 15 is 0 Å². The van der Waals surface area contributed by atoms with Crippen LogP contribution in [-0.2, 0) is 23.2 Å². The molecule has 3 heteroatoms. The van der Waals surface area contributed by atoms with Gasteiger partial charge >= 0.3 is 0 Å². The van der Waals surface area contributed by atoms with Crippen LogP contribution >= 0.6 is 0 Å². The van der Waals surface area contributed by atoms with E-state index in [4.69, 9.17) is 0 Å². The first-order valence-electron chi connectivity index (χ1n) is 10.1. The summed E-state index contributed by atoms with van der Waals surface area (Å²) in [6, 6.07) is 21.4. The summed E-state index contributed by atoms with van der Waals surface area (Å²) in [5.41, 5.74) is 6.75. The summed E-state index contributed by atoms with van der Waals surface area (Å²) in [7, 11) is 0. The number of rotatable bonds is 5. The van der Waals surface area contributed by atoms with Crippen molar-refractivity contribution >= 4 is 12.0 Å². The van der Waals surface area contributed by atoms with E-state index in [1.807, 2.05) is 6.07 Å². The van der Waals surface area contributed by atoms with Gasteiger partial charge in [-0.05, 0) is 63.9 Å². The SMILES string of the molecule is CC1(C)CCN(Cc2ccccc2)c2cc(CC=O)c(-c3ccc(F)cc3)cc21. The Morgan fingerprint density at radius 3 is 2.45 bits per heavy atom. The Hall–Kier alpha value is -2.94. The molecule has 3 aromatic carbocycles. The number of benzene rings is 3. The van der Waals surface area contributed by atoms with Gasteiger partial charge in [-0.1, -0.05) is 56.3 Å². The lowest BCUT2D eigenvalue weighted by Gasteiger charge is -2.41. The van der Waals surface area contributed by atoms with Crippen LogP contribution in [0.2, 0.25) is 0 Å². The number of nitrogens with zero attached hydrogens (tertiary/aromatic N) is 1. The number of hydrogen-bond donors (Lipinski definition) is 0. The van der Waals surface area contributed by atoms with Crippen LogP contribution in [0.1, 0.15) is 37.0 Å². The van der Waals surface area contributed by atoms with Crippen LogP contribution < -0.4 is 4.90 Å². The Morgan fingerprint density at radius 2 is 1.76 bits per heavy atom. The molecule has 0 saturated heterocycles. The van der Waals surface area contributed by atoms with Crippen LogP contribution in [0.15, 0.2) is 66.7 Å². The number of carbonyl (C=O) groups is 1. The predicted octanol–water partition coefficient (Wildman–Crippen LogP) is 5.92. The molecule has 1 heterocycles. The van der Waals surface area contributed by atoms with Crippen molar-refractivity contribution < 1.29 is 9.18 Å². The summed E-state index contributed by atoms with van der Waals surface area (Å²) in [4.78, 5) is 13.8. The van der Waals surface area contributed by atoms with E-state index in [0.717, 1.165) is 42.5 Å². The highest BCUT2D eigenvalue weighted by Crippen LogP contribution is 2.43. The Morgan fingerprint density at radius 1 is 1.03 bits per heavy atom. The summed E-state index contributed by atoms with van der Waals surface area (Å²) in [5, 5.41) is 0. The van der Waals surface area contributed by atoms with Gasteiger partial charge in [0.2, 0.25) is 0 Å². The largest absolute Gasteiger partial charge is 0.367 e. The molecule has 1 aliphatic heterocycles. The molecule has 0 N–H and O–H groups in total. The zero-order chi connectivity index (χ0) is 20.4. The van der Waals surface area contributed by atoms with Gasteiger partial charge in [-0.3, -0.25) is 0 Å². The van der Waals surface area contributed by atoms with E-state index in [1.165, 1.54) is 28.9 Å². The quantitative estimate of drug-likeness (QED) is 0.506. The number of fused-ring (bicyclic) bond motifs is 1. The van der Waals surface area contributed by atoms with Crippen molar-refractivity contribution in [3.05, 3.63) is 89.2 Å². The van der Waals surface area contributed by atoms with Crippen molar-refractivity contribution in [2.75, 3.05) is 11.4 Å². The number of carbonyl (C=O) groups excluding carboxylic acids is 1. The molecule has 0 amide bonds. The van der Waals surface area contributed by atoms with Crippen molar-refractivity contribution in [3.8, 4) is 11.1 Å². The second-order valence-corrected chi connectivity index (χ2v) is 8.45. The molecule has 0 fully saturated rings. The van der Waals surface area contributed by atoms with Gasteiger partial charge in [-0.15, -0.1) is 0 Å².